The lowest BCUT2D eigenvalue weighted by atomic mass is 9.83. The van der Waals surface area contributed by atoms with Gasteiger partial charge in [0.15, 0.2) is 11.6 Å². The lowest BCUT2D eigenvalue weighted by molar-refractivity contribution is -0.149. The van der Waals surface area contributed by atoms with Crippen molar-refractivity contribution in [2.45, 2.75) is 202 Å². The number of ketones is 3. The molecule has 1 saturated heterocycles. The van der Waals surface area contributed by atoms with Gasteiger partial charge < -0.3 is 55.7 Å². The maximum absolute atomic E-state index is 14.8. The molecule has 0 aromatic heterocycles. The molecule has 0 saturated carbocycles. The molecule has 0 aliphatic carbocycles. The number of likely N-dealkylation sites (N-methyl/N-ethyl adjacent to an activating group) is 2. The largest absolute Gasteiger partial charge is 0.445 e. The lowest BCUT2D eigenvalue weighted by Crippen LogP contribution is -2.54. The summed E-state index contributed by atoms with van der Waals surface area (Å²) in [6.45, 7) is 25.6. The summed E-state index contributed by atoms with van der Waals surface area (Å²) in [5.41, 5.74) is 6.74. The molecular formula is C65H105N7O12. The molecular weight excluding hydrogens is 1070 g/mol. The Bertz CT molecular complexity index is 2430. The van der Waals surface area contributed by atoms with E-state index in [1.165, 1.54) is 19.1 Å². The molecule has 0 radical (unpaired) electrons. The number of likely N-dealkylation sites (tertiary alicyclic amines) is 1. The van der Waals surface area contributed by atoms with Crippen LogP contribution in [0, 0.1) is 47.3 Å². The van der Waals surface area contributed by atoms with Crippen LogP contribution in [0.15, 0.2) is 54.6 Å². The standard InChI is InChI=1S/C65H105N7O12/c1-18-42(8)58(54(82-16)37-55(76)72-33-23-27-50(72)60(83-17)44(10)51(73)34-43(9)59(77)46-24-20-19-21-25-46)70(14)62(79)49(39(2)3)36-53(75)57(41(6)7)71(15)64(81)84-38-45-28-30-48(31-29-45)68-61(78)47(26-22-32-67-63(66)80)35-52(74)56(40(4)5)69-65(11,12)13/h19-21,24-25,28-31,39-44,47,49-50,54,56-60,69,77H,18,22-23,26-27,32-38H2,1-17H3,(H,68,78)(H3,66,67,80)/t42-,43-,44-,47+,49-,50-,54+,56-,57-,58-,59+,60+/m0/s1. The van der Waals surface area contributed by atoms with Gasteiger partial charge in [0, 0.05) is 89.6 Å². The SMILES string of the molecule is CC[C@H](C)[C@@H]([C@@H](CC(=O)N1CCC[C@H]1[C@H](OC)[C@@H](C)C(=O)C[C@H](C)[C@@H](O)c1ccccc1)OC)N(C)C(=O)[C@@H](CC(=O)[C@H](C(C)C)N(C)C(=O)OCc1ccc(NC(=O)[C@H](CCCNC(N)=O)CC(=O)[C@@H](NC(C)(C)C)C(C)C)cc1)C(C)C. The number of aliphatic hydroxyl groups excluding tert-OH is 1. The van der Waals surface area contributed by atoms with Gasteiger partial charge in [0.2, 0.25) is 17.7 Å². The van der Waals surface area contributed by atoms with E-state index < -0.39 is 66.3 Å². The number of nitrogens with one attached hydrogen (secondary N) is 3. The van der Waals surface area contributed by atoms with Gasteiger partial charge in [-0.2, -0.15) is 0 Å². The second-order valence-electron chi connectivity index (χ2n) is 25.6. The number of nitrogens with zero attached hydrogens (tertiary/aromatic N) is 3. The first-order valence-corrected chi connectivity index (χ1v) is 30.4. The molecule has 1 aliphatic heterocycles. The van der Waals surface area contributed by atoms with Crippen molar-refractivity contribution in [1.29, 1.82) is 0 Å². The molecule has 19 heteroatoms. The van der Waals surface area contributed by atoms with Gasteiger partial charge in [0.05, 0.1) is 48.9 Å². The van der Waals surface area contributed by atoms with Crippen LogP contribution in [0.3, 0.4) is 0 Å². The van der Waals surface area contributed by atoms with E-state index in [1.807, 2.05) is 120 Å². The van der Waals surface area contributed by atoms with Crippen molar-refractivity contribution in [3.63, 3.8) is 0 Å². The van der Waals surface area contributed by atoms with Crippen molar-refractivity contribution < 1.29 is 57.7 Å². The number of anilines is 1. The number of hydrogen-bond acceptors (Lipinski definition) is 13. The molecule has 0 bridgehead atoms. The average molecular weight is 1180 g/mol. The minimum Gasteiger partial charge on any atom is -0.445 e. The minimum atomic E-state index is -0.928. The van der Waals surface area contributed by atoms with Gasteiger partial charge in [0.1, 0.15) is 12.4 Å². The van der Waals surface area contributed by atoms with Crippen molar-refractivity contribution in [3.05, 3.63) is 65.7 Å². The highest BCUT2D eigenvalue weighted by atomic mass is 16.6. The summed E-state index contributed by atoms with van der Waals surface area (Å²) in [4.78, 5) is 115. The molecule has 1 heterocycles. The number of Topliss-reactive ketones (excluding diaryl/α,β-unsaturated/α-hetero) is 3. The van der Waals surface area contributed by atoms with Gasteiger partial charge in [-0.25, -0.2) is 9.59 Å². The Kier molecular flexibility index (Phi) is 29.7. The fourth-order valence-electron chi connectivity index (χ4n) is 11.8. The van der Waals surface area contributed by atoms with Crippen LogP contribution in [-0.4, -0.2) is 150 Å². The zero-order chi connectivity index (χ0) is 63.3. The highest BCUT2D eigenvalue weighted by molar-refractivity contribution is 5.97. The normalized spacial score (nSPS) is 17.7. The quantitative estimate of drug-likeness (QED) is 0.0404. The zero-order valence-corrected chi connectivity index (χ0v) is 53.7. The van der Waals surface area contributed by atoms with Crippen LogP contribution in [0.25, 0.3) is 0 Å². The number of methoxy groups -OCH3 is 2. The van der Waals surface area contributed by atoms with E-state index >= 15 is 0 Å². The fourth-order valence-corrected chi connectivity index (χ4v) is 11.8. The summed E-state index contributed by atoms with van der Waals surface area (Å²) >= 11 is 0. The molecule has 2 aromatic rings. The molecule has 2 aromatic carbocycles. The van der Waals surface area contributed by atoms with Crippen molar-refractivity contribution in [1.82, 2.24) is 25.3 Å². The number of benzene rings is 2. The van der Waals surface area contributed by atoms with Crippen LogP contribution in [0.1, 0.15) is 165 Å². The van der Waals surface area contributed by atoms with Crippen LogP contribution >= 0.6 is 0 Å². The second-order valence-corrected chi connectivity index (χ2v) is 25.6. The van der Waals surface area contributed by atoms with E-state index in [0.29, 0.717) is 43.5 Å². The van der Waals surface area contributed by atoms with Gasteiger partial charge in [-0.05, 0) is 99.3 Å². The number of ether oxygens (including phenoxy) is 3. The number of carbonyl (C=O) groups excluding carboxylic acids is 8. The van der Waals surface area contributed by atoms with Crippen molar-refractivity contribution in [2.75, 3.05) is 46.7 Å². The van der Waals surface area contributed by atoms with Gasteiger partial charge in [-0.1, -0.05) is 118 Å². The summed E-state index contributed by atoms with van der Waals surface area (Å²) in [6.07, 6.45) is -0.107. The third-order valence-electron chi connectivity index (χ3n) is 16.8. The molecule has 6 amide bonds. The smallest absolute Gasteiger partial charge is 0.410 e. The summed E-state index contributed by atoms with van der Waals surface area (Å²) in [7, 11) is 6.30. The predicted octanol–water partition coefficient (Wildman–Crippen LogP) is 9.14. The molecule has 0 spiro atoms. The molecule has 1 aliphatic rings. The number of amides is 6. The number of rotatable bonds is 35. The topological polar surface area (TPSA) is 256 Å². The number of nitrogens with two attached hydrogens (primary N) is 1. The first-order chi connectivity index (χ1) is 39.4. The van der Waals surface area contributed by atoms with Crippen LogP contribution < -0.4 is 21.7 Å². The third-order valence-corrected chi connectivity index (χ3v) is 16.8. The molecule has 12 atom stereocenters. The zero-order valence-electron chi connectivity index (χ0n) is 53.7. The number of aliphatic hydroxyl groups is 1. The van der Waals surface area contributed by atoms with E-state index in [0.717, 1.165) is 12.0 Å². The fraction of sp³-hybridized carbons (Fsp3) is 0.692. The first-order valence-electron chi connectivity index (χ1n) is 30.4. The van der Waals surface area contributed by atoms with E-state index in [4.69, 9.17) is 19.9 Å². The molecule has 19 nitrogen and oxygen atoms in total. The van der Waals surface area contributed by atoms with E-state index in [-0.39, 0.29) is 115 Å². The van der Waals surface area contributed by atoms with Crippen LogP contribution in [0.4, 0.5) is 15.3 Å². The van der Waals surface area contributed by atoms with Crippen LogP contribution in [0.2, 0.25) is 0 Å². The Morgan fingerprint density at radius 3 is 1.93 bits per heavy atom. The molecule has 472 valence electrons. The third kappa shape index (κ3) is 21.6. The average Bonchev–Trinajstić information content (AvgIpc) is 3.83. The van der Waals surface area contributed by atoms with Gasteiger partial charge in [-0.15, -0.1) is 0 Å². The van der Waals surface area contributed by atoms with Crippen molar-refractivity contribution in [3.8, 4) is 0 Å². The highest BCUT2D eigenvalue weighted by Gasteiger charge is 2.44. The molecule has 6 N–H and O–H groups in total. The van der Waals surface area contributed by atoms with Gasteiger partial charge >= 0.3 is 12.1 Å². The Labute approximate surface area is 502 Å². The summed E-state index contributed by atoms with van der Waals surface area (Å²) in [6, 6.07) is 13.0. The monoisotopic (exact) mass is 1180 g/mol. The Morgan fingerprint density at radius 1 is 0.762 bits per heavy atom. The van der Waals surface area contributed by atoms with E-state index in [2.05, 4.69) is 16.0 Å². The Morgan fingerprint density at radius 2 is 1.39 bits per heavy atom. The highest BCUT2D eigenvalue weighted by Crippen LogP contribution is 2.33. The lowest BCUT2D eigenvalue weighted by Gasteiger charge is -2.41. The number of hydrogen-bond donors (Lipinski definition) is 5. The molecule has 1 fully saturated rings. The molecule has 0 unspecified atom stereocenters. The van der Waals surface area contributed by atoms with Crippen molar-refractivity contribution >= 4 is 52.9 Å². The number of primary amides is 1. The number of carbonyl (C=O) groups is 8. The Hall–Kier alpha value is -5.76. The molecule has 3 rings (SSSR count). The maximum atomic E-state index is 14.8. The van der Waals surface area contributed by atoms with Crippen molar-refractivity contribution in [2.24, 2.45) is 53.1 Å². The maximum Gasteiger partial charge on any atom is 0.410 e. The predicted molar refractivity (Wildman–Crippen MR) is 327 cm³/mol. The molecule has 84 heavy (non-hydrogen) atoms. The second kappa shape index (κ2) is 34.4. The number of urea groups is 1. The van der Waals surface area contributed by atoms with Crippen LogP contribution in [-0.2, 0) is 49.6 Å². The first kappa shape index (κ1) is 72.5. The summed E-state index contributed by atoms with van der Waals surface area (Å²) < 4.78 is 17.9. The summed E-state index contributed by atoms with van der Waals surface area (Å²) in [5.74, 6) is -4.36. The van der Waals surface area contributed by atoms with Gasteiger partial charge in [0.25, 0.3) is 0 Å². The minimum absolute atomic E-state index is 0.00725. The van der Waals surface area contributed by atoms with E-state index in [9.17, 15) is 43.5 Å². The summed E-state index contributed by atoms with van der Waals surface area (Å²) in [5, 5.41) is 19.9. The van der Waals surface area contributed by atoms with Crippen LogP contribution in [0.5, 0.6) is 0 Å². The Balaban J connectivity index is 1.71. The van der Waals surface area contributed by atoms with Gasteiger partial charge in [-0.3, -0.25) is 28.8 Å². The van der Waals surface area contributed by atoms with E-state index in [1.54, 1.807) is 48.2 Å².